The van der Waals surface area contributed by atoms with Gasteiger partial charge < -0.3 is 10.1 Å². The van der Waals surface area contributed by atoms with Crippen LogP contribution in [0.3, 0.4) is 0 Å². The number of halogens is 2. The fourth-order valence-electron chi connectivity index (χ4n) is 1.58. The van der Waals surface area contributed by atoms with Gasteiger partial charge in [0.15, 0.2) is 0 Å². The number of likely N-dealkylation sites (N-methyl/N-ethyl adjacent to an activating group) is 1. The molecule has 2 nitrogen and oxygen atoms in total. The van der Waals surface area contributed by atoms with Gasteiger partial charge >= 0.3 is 0 Å². The summed E-state index contributed by atoms with van der Waals surface area (Å²) in [5.74, 6) is 0. The van der Waals surface area contributed by atoms with Gasteiger partial charge in [-0.2, -0.15) is 0 Å². The van der Waals surface area contributed by atoms with Gasteiger partial charge in [-0.3, -0.25) is 0 Å². The van der Waals surface area contributed by atoms with Gasteiger partial charge in [-0.15, -0.1) is 0 Å². The van der Waals surface area contributed by atoms with Crippen LogP contribution >= 0.6 is 38.5 Å². The van der Waals surface area contributed by atoms with Crippen LogP contribution < -0.4 is 5.32 Å². The first-order valence-electron chi connectivity index (χ1n) is 5.84. The lowest BCUT2D eigenvalue weighted by Gasteiger charge is -2.21. The Kier molecular flexibility index (Phi) is 6.99. The molecule has 0 aromatic heterocycles. The maximum absolute atomic E-state index is 5.72. The third-order valence-corrected chi connectivity index (χ3v) is 3.77. The van der Waals surface area contributed by atoms with Crippen LogP contribution in [-0.4, -0.2) is 19.3 Å². The zero-order valence-electron chi connectivity index (χ0n) is 10.5. The number of hydrogen-bond donors (Lipinski definition) is 1. The van der Waals surface area contributed by atoms with Crippen molar-refractivity contribution in [3.8, 4) is 0 Å². The smallest absolute Gasteiger partial charge is 0.0665 e. The molecule has 0 saturated carbocycles. The van der Waals surface area contributed by atoms with E-state index in [-0.39, 0.29) is 12.1 Å². The summed E-state index contributed by atoms with van der Waals surface area (Å²) < 4.78 is 8.10. The summed E-state index contributed by atoms with van der Waals surface area (Å²) in [6, 6.07) is 6.63. The van der Waals surface area contributed by atoms with Crippen LogP contribution in [0.5, 0.6) is 0 Å². The topological polar surface area (TPSA) is 21.3 Å². The minimum absolute atomic E-state index is 0.242. The number of benzene rings is 1. The van der Waals surface area contributed by atoms with Gasteiger partial charge in [0.1, 0.15) is 0 Å². The van der Waals surface area contributed by atoms with Crippen molar-refractivity contribution < 1.29 is 4.74 Å². The van der Waals surface area contributed by atoms with Crippen LogP contribution in [0.15, 0.2) is 22.7 Å². The summed E-state index contributed by atoms with van der Waals surface area (Å²) in [5.41, 5.74) is 1.26. The van der Waals surface area contributed by atoms with Gasteiger partial charge in [0, 0.05) is 8.04 Å². The first-order chi connectivity index (χ1) is 8.04. The lowest BCUT2D eigenvalue weighted by Crippen LogP contribution is -2.27. The van der Waals surface area contributed by atoms with Crippen LogP contribution in [0.1, 0.15) is 32.4 Å². The Labute approximate surface area is 126 Å². The van der Waals surface area contributed by atoms with Crippen molar-refractivity contribution in [1.82, 2.24) is 5.32 Å². The highest BCUT2D eigenvalue weighted by atomic mass is 127. The number of rotatable bonds is 6. The molecule has 1 unspecified atom stereocenters. The van der Waals surface area contributed by atoms with Gasteiger partial charge in [-0.1, -0.05) is 22.9 Å². The lowest BCUT2D eigenvalue weighted by molar-refractivity contribution is 0.0613. The van der Waals surface area contributed by atoms with Gasteiger partial charge in [0.05, 0.1) is 18.8 Å². The Balaban J connectivity index is 2.84. The van der Waals surface area contributed by atoms with E-state index >= 15 is 0 Å². The molecule has 1 aromatic carbocycles. The van der Waals surface area contributed by atoms with E-state index in [0.29, 0.717) is 6.61 Å². The van der Waals surface area contributed by atoms with Crippen molar-refractivity contribution >= 4 is 38.5 Å². The molecule has 0 saturated heterocycles. The van der Waals surface area contributed by atoms with E-state index in [1.165, 1.54) is 9.13 Å². The van der Waals surface area contributed by atoms with E-state index in [9.17, 15) is 0 Å². The third-order valence-electron chi connectivity index (χ3n) is 2.38. The van der Waals surface area contributed by atoms with Crippen LogP contribution in [0.4, 0.5) is 0 Å². The van der Waals surface area contributed by atoms with Crippen molar-refractivity contribution in [3.63, 3.8) is 0 Å². The molecule has 0 aliphatic rings. The monoisotopic (exact) mass is 411 g/mol. The predicted molar refractivity (Wildman–Crippen MR) is 84.4 cm³/mol. The molecule has 0 fully saturated rings. The van der Waals surface area contributed by atoms with Crippen molar-refractivity contribution in [2.45, 2.75) is 32.9 Å². The third kappa shape index (κ3) is 5.24. The van der Waals surface area contributed by atoms with Crippen molar-refractivity contribution in [2.75, 3.05) is 13.2 Å². The molecule has 1 atom stereocenters. The lowest BCUT2D eigenvalue weighted by atomic mass is 10.1. The standard InChI is InChI=1S/C13H19BrINO/c1-4-16-13(8-17-9(2)3)11-7-10(15)5-6-12(11)14/h5-7,9,13,16H,4,8H2,1-3H3. The van der Waals surface area contributed by atoms with Gasteiger partial charge in [0.2, 0.25) is 0 Å². The fraction of sp³-hybridized carbons (Fsp3) is 0.538. The van der Waals surface area contributed by atoms with Crippen LogP contribution in [0, 0.1) is 3.57 Å². The Morgan fingerprint density at radius 1 is 1.41 bits per heavy atom. The average molecular weight is 412 g/mol. The Morgan fingerprint density at radius 2 is 2.12 bits per heavy atom. The predicted octanol–water partition coefficient (Wildman–Crippen LogP) is 4.13. The highest BCUT2D eigenvalue weighted by molar-refractivity contribution is 14.1. The molecule has 0 heterocycles. The first kappa shape index (κ1) is 15.4. The van der Waals surface area contributed by atoms with E-state index in [1.807, 2.05) is 0 Å². The minimum atomic E-state index is 0.242. The SMILES string of the molecule is CCNC(COC(C)C)c1cc(I)ccc1Br. The molecule has 1 N–H and O–H groups in total. The molecule has 0 spiro atoms. The summed E-state index contributed by atoms with van der Waals surface area (Å²) in [7, 11) is 0. The summed E-state index contributed by atoms with van der Waals surface area (Å²) in [4.78, 5) is 0. The van der Waals surface area contributed by atoms with Gasteiger partial charge in [0.25, 0.3) is 0 Å². The second-order valence-corrected chi connectivity index (χ2v) is 6.26. The highest BCUT2D eigenvalue weighted by Crippen LogP contribution is 2.26. The van der Waals surface area contributed by atoms with Crippen molar-refractivity contribution in [1.29, 1.82) is 0 Å². The van der Waals surface area contributed by atoms with Gasteiger partial charge in [-0.05, 0) is 66.7 Å². The molecular weight excluding hydrogens is 393 g/mol. The van der Waals surface area contributed by atoms with Crippen molar-refractivity contribution in [2.24, 2.45) is 0 Å². The zero-order valence-corrected chi connectivity index (χ0v) is 14.2. The summed E-state index contributed by atoms with van der Waals surface area (Å²) in [6.07, 6.45) is 0.262. The Bertz CT molecular complexity index is 357. The highest BCUT2D eigenvalue weighted by Gasteiger charge is 2.14. The van der Waals surface area contributed by atoms with Gasteiger partial charge in [-0.25, -0.2) is 0 Å². The average Bonchev–Trinajstić information content (AvgIpc) is 2.27. The second kappa shape index (κ2) is 7.71. The molecule has 0 aliphatic heterocycles. The number of nitrogens with one attached hydrogen (secondary N) is 1. The normalized spacial score (nSPS) is 13.1. The van der Waals surface area contributed by atoms with E-state index in [1.54, 1.807) is 0 Å². The Hall–Kier alpha value is 0.350. The molecule has 0 aliphatic carbocycles. The maximum atomic E-state index is 5.72. The molecule has 0 bridgehead atoms. The van der Waals surface area contributed by atoms with E-state index in [2.05, 4.69) is 82.8 Å². The molecule has 96 valence electrons. The van der Waals surface area contributed by atoms with E-state index < -0.39 is 0 Å². The molecule has 17 heavy (non-hydrogen) atoms. The summed E-state index contributed by atoms with van der Waals surface area (Å²) >= 11 is 5.95. The quantitative estimate of drug-likeness (QED) is 0.710. The van der Waals surface area contributed by atoms with Crippen LogP contribution in [0.2, 0.25) is 0 Å². The van der Waals surface area contributed by atoms with Crippen LogP contribution in [-0.2, 0) is 4.74 Å². The molecule has 1 aromatic rings. The first-order valence-corrected chi connectivity index (χ1v) is 7.71. The Morgan fingerprint density at radius 3 is 2.71 bits per heavy atom. The second-order valence-electron chi connectivity index (χ2n) is 4.16. The molecule has 0 amide bonds. The zero-order chi connectivity index (χ0) is 12.8. The van der Waals surface area contributed by atoms with Crippen molar-refractivity contribution in [3.05, 3.63) is 31.8 Å². The fourth-order valence-corrected chi connectivity index (χ4v) is 2.61. The maximum Gasteiger partial charge on any atom is 0.0665 e. The van der Waals surface area contributed by atoms with E-state index in [0.717, 1.165) is 11.0 Å². The molecular formula is C13H19BrINO. The molecule has 4 heteroatoms. The van der Waals surface area contributed by atoms with Crippen LogP contribution in [0.25, 0.3) is 0 Å². The summed E-state index contributed by atoms with van der Waals surface area (Å²) in [6.45, 7) is 7.87. The minimum Gasteiger partial charge on any atom is -0.377 e. The molecule has 0 radical (unpaired) electrons. The number of ether oxygens (including phenoxy) is 1. The summed E-state index contributed by atoms with van der Waals surface area (Å²) in [5, 5.41) is 3.46. The molecule has 1 rings (SSSR count). The largest absolute Gasteiger partial charge is 0.377 e. The van der Waals surface area contributed by atoms with E-state index in [4.69, 9.17) is 4.74 Å². The number of hydrogen-bond acceptors (Lipinski definition) is 2.